The van der Waals surface area contributed by atoms with E-state index in [9.17, 15) is 0 Å². The normalized spacial score (nSPS) is 10.6. The predicted octanol–water partition coefficient (Wildman–Crippen LogP) is 2.40. The standard InChI is InChI=1S/C12H16N2/c1-10(2)14(3)9-12-6-4-5-11(7-12)8-13/h4-7,10H,9H2,1-3H3. The van der Waals surface area contributed by atoms with Gasteiger partial charge in [0.25, 0.3) is 0 Å². The summed E-state index contributed by atoms with van der Waals surface area (Å²) in [5.74, 6) is 0. The van der Waals surface area contributed by atoms with Gasteiger partial charge < -0.3 is 0 Å². The summed E-state index contributed by atoms with van der Waals surface area (Å²) in [7, 11) is 2.09. The number of rotatable bonds is 3. The largest absolute Gasteiger partial charge is 0.300 e. The van der Waals surface area contributed by atoms with Gasteiger partial charge in [0.15, 0.2) is 0 Å². The lowest BCUT2D eigenvalue weighted by atomic mass is 10.1. The fourth-order valence-electron chi connectivity index (χ4n) is 1.21. The first-order chi connectivity index (χ1) is 6.63. The molecule has 1 aromatic rings. The maximum atomic E-state index is 8.74. The second-order valence-electron chi connectivity index (χ2n) is 3.82. The van der Waals surface area contributed by atoms with Crippen molar-refractivity contribution in [2.75, 3.05) is 7.05 Å². The van der Waals surface area contributed by atoms with Gasteiger partial charge in [0, 0.05) is 12.6 Å². The monoisotopic (exact) mass is 188 g/mol. The summed E-state index contributed by atoms with van der Waals surface area (Å²) in [5, 5.41) is 8.74. The maximum absolute atomic E-state index is 8.74. The highest BCUT2D eigenvalue weighted by Gasteiger charge is 2.04. The Kier molecular flexibility index (Phi) is 3.67. The molecule has 74 valence electrons. The molecule has 2 nitrogen and oxygen atoms in total. The predicted molar refractivity (Wildman–Crippen MR) is 57.8 cm³/mol. The molecule has 0 aliphatic heterocycles. The third kappa shape index (κ3) is 2.86. The summed E-state index contributed by atoms with van der Waals surface area (Å²) < 4.78 is 0. The number of nitrogens with zero attached hydrogens (tertiary/aromatic N) is 2. The second kappa shape index (κ2) is 4.78. The van der Waals surface area contributed by atoms with Crippen LogP contribution in [0.1, 0.15) is 25.0 Å². The van der Waals surface area contributed by atoms with Gasteiger partial charge >= 0.3 is 0 Å². The van der Waals surface area contributed by atoms with Crippen molar-refractivity contribution in [3.63, 3.8) is 0 Å². The van der Waals surface area contributed by atoms with Gasteiger partial charge in [-0.15, -0.1) is 0 Å². The van der Waals surface area contributed by atoms with Crippen molar-refractivity contribution in [3.05, 3.63) is 35.4 Å². The van der Waals surface area contributed by atoms with Gasteiger partial charge in [0.2, 0.25) is 0 Å². The van der Waals surface area contributed by atoms with E-state index in [-0.39, 0.29) is 0 Å². The molecule has 0 amide bonds. The quantitative estimate of drug-likeness (QED) is 0.728. The van der Waals surface area contributed by atoms with E-state index in [1.165, 1.54) is 5.56 Å². The lowest BCUT2D eigenvalue weighted by molar-refractivity contribution is 0.266. The molecule has 1 rings (SSSR count). The van der Waals surface area contributed by atoms with Gasteiger partial charge in [-0.05, 0) is 38.6 Å². The van der Waals surface area contributed by atoms with Crippen LogP contribution in [0.4, 0.5) is 0 Å². The first kappa shape index (κ1) is 10.7. The van der Waals surface area contributed by atoms with Crippen LogP contribution in [-0.4, -0.2) is 18.0 Å². The molecular formula is C12H16N2. The van der Waals surface area contributed by atoms with Crippen LogP contribution in [0.25, 0.3) is 0 Å². The fourth-order valence-corrected chi connectivity index (χ4v) is 1.21. The molecule has 1 aromatic carbocycles. The highest BCUT2D eigenvalue weighted by molar-refractivity contribution is 5.32. The van der Waals surface area contributed by atoms with E-state index >= 15 is 0 Å². The molecule has 0 radical (unpaired) electrons. The molecule has 0 unspecified atom stereocenters. The van der Waals surface area contributed by atoms with Crippen LogP contribution in [0, 0.1) is 11.3 Å². The summed E-state index contributed by atoms with van der Waals surface area (Å²) in [5.41, 5.74) is 1.93. The lowest BCUT2D eigenvalue weighted by Gasteiger charge is -2.20. The van der Waals surface area contributed by atoms with Gasteiger partial charge in [-0.1, -0.05) is 12.1 Å². The Balaban J connectivity index is 2.73. The van der Waals surface area contributed by atoms with Crippen LogP contribution in [0.15, 0.2) is 24.3 Å². The fraction of sp³-hybridized carbons (Fsp3) is 0.417. The molecule has 0 aliphatic rings. The summed E-state index contributed by atoms with van der Waals surface area (Å²) in [6.07, 6.45) is 0. The van der Waals surface area contributed by atoms with Crippen molar-refractivity contribution < 1.29 is 0 Å². The van der Waals surface area contributed by atoms with Gasteiger partial charge in [-0.2, -0.15) is 5.26 Å². The van der Waals surface area contributed by atoms with E-state index in [0.29, 0.717) is 6.04 Å². The van der Waals surface area contributed by atoms with Crippen molar-refractivity contribution in [2.24, 2.45) is 0 Å². The minimum absolute atomic E-state index is 0.528. The van der Waals surface area contributed by atoms with Gasteiger partial charge in [0.05, 0.1) is 11.6 Å². The summed E-state index contributed by atoms with van der Waals surface area (Å²) in [4.78, 5) is 2.25. The van der Waals surface area contributed by atoms with E-state index in [1.54, 1.807) is 0 Å². The number of hydrogen-bond donors (Lipinski definition) is 0. The third-order valence-corrected chi connectivity index (χ3v) is 2.37. The van der Waals surface area contributed by atoms with E-state index in [2.05, 4.69) is 37.9 Å². The molecule has 0 aliphatic carbocycles. The smallest absolute Gasteiger partial charge is 0.0991 e. The Morgan fingerprint density at radius 1 is 1.43 bits per heavy atom. The summed E-state index contributed by atoms with van der Waals surface area (Å²) >= 11 is 0. The highest BCUT2D eigenvalue weighted by atomic mass is 15.1. The molecular weight excluding hydrogens is 172 g/mol. The zero-order chi connectivity index (χ0) is 10.6. The molecule has 0 spiro atoms. The summed E-state index contributed by atoms with van der Waals surface area (Å²) in [6, 6.07) is 10.4. The molecule has 2 heteroatoms. The van der Waals surface area contributed by atoms with E-state index in [0.717, 1.165) is 12.1 Å². The molecule has 0 heterocycles. The Hall–Kier alpha value is -1.33. The van der Waals surface area contributed by atoms with Crippen LogP contribution in [-0.2, 0) is 6.54 Å². The SMILES string of the molecule is CC(C)N(C)Cc1cccc(C#N)c1. The third-order valence-electron chi connectivity index (χ3n) is 2.37. The van der Waals surface area contributed by atoms with E-state index in [1.807, 2.05) is 18.2 Å². The Labute approximate surface area is 85.8 Å². The van der Waals surface area contributed by atoms with Crippen LogP contribution in [0.3, 0.4) is 0 Å². The lowest BCUT2D eigenvalue weighted by Crippen LogP contribution is -2.25. The van der Waals surface area contributed by atoms with Crippen LogP contribution < -0.4 is 0 Å². The molecule has 0 aromatic heterocycles. The van der Waals surface area contributed by atoms with Gasteiger partial charge in [0.1, 0.15) is 0 Å². The zero-order valence-corrected chi connectivity index (χ0v) is 8.99. The van der Waals surface area contributed by atoms with Crippen molar-refractivity contribution in [1.82, 2.24) is 4.90 Å². The molecule has 0 N–H and O–H groups in total. The zero-order valence-electron chi connectivity index (χ0n) is 8.99. The van der Waals surface area contributed by atoms with Gasteiger partial charge in [-0.3, -0.25) is 4.90 Å². The van der Waals surface area contributed by atoms with Crippen molar-refractivity contribution in [1.29, 1.82) is 5.26 Å². The average molecular weight is 188 g/mol. The van der Waals surface area contributed by atoms with Crippen molar-refractivity contribution in [3.8, 4) is 6.07 Å². The van der Waals surface area contributed by atoms with Crippen molar-refractivity contribution >= 4 is 0 Å². The molecule has 0 saturated heterocycles. The number of benzene rings is 1. The van der Waals surface area contributed by atoms with Gasteiger partial charge in [-0.25, -0.2) is 0 Å². The first-order valence-electron chi connectivity index (χ1n) is 4.82. The van der Waals surface area contributed by atoms with Crippen LogP contribution in [0.5, 0.6) is 0 Å². The minimum atomic E-state index is 0.528. The topological polar surface area (TPSA) is 27.0 Å². The average Bonchev–Trinajstić information content (AvgIpc) is 2.18. The Bertz CT molecular complexity index is 336. The van der Waals surface area contributed by atoms with Crippen LogP contribution in [0.2, 0.25) is 0 Å². The van der Waals surface area contributed by atoms with E-state index in [4.69, 9.17) is 5.26 Å². The molecule has 0 fully saturated rings. The Morgan fingerprint density at radius 3 is 2.71 bits per heavy atom. The molecule has 0 saturated carbocycles. The first-order valence-corrected chi connectivity index (χ1v) is 4.82. The molecule has 0 bridgehead atoms. The Morgan fingerprint density at radius 2 is 2.14 bits per heavy atom. The van der Waals surface area contributed by atoms with E-state index < -0.39 is 0 Å². The molecule has 14 heavy (non-hydrogen) atoms. The minimum Gasteiger partial charge on any atom is -0.300 e. The highest BCUT2D eigenvalue weighted by Crippen LogP contribution is 2.08. The molecule has 0 atom stereocenters. The van der Waals surface area contributed by atoms with Crippen LogP contribution >= 0.6 is 0 Å². The van der Waals surface area contributed by atoms with Crippen molar-refractivity contribution in [2.45, 2.75) is 26.4 Å². The number of hydrogen-bond acceptors (Lipinski definition) is 2. The number of nitriles is 1. The summed E-state index contributed by atoms with van der Waals surface area (Å²) in [6.45, 7) is 5.22. The second-order valence-corrected chi connectivity index (χ2v) is 3.82. The maximum Gasteiger partial charge on any atom is 0.0991 e.